The van der Waals surface area contributed by atoms with Crippen molar-refractivity contribution in [1.82, 2.24) is 4.98 Å². The number of benzene rings is 1. The normalized spacial score (nSPS) is 10.9. The minimum Gasteiger partial charge on any atom is -0.439 e. The molecule has 0 radical (unpaired) electrons. The Morgan fingerprint density at radius 2 is 2.00 bits per heavy atom. The van der Waals surface area contributed by atoms with E-state index in [0.717, 1.165) is 27.0 Å². The molecule has 0 aliphatic rings. The average Bonchev–Trinajstić information content (AvgIpc) is 2.42. The number of hydrogen-bond acceptors (Lipinski definition) is 2. The molecule has 0 aliphatic carbocycles. The zero-order valence-electron chi connectivity index (χ0n) is 11.8. The van der Waals surface area contributed by atoms with Crippen LogP contribution in [0.1, 0.15) is 36.6 Å². The van der Waals surface area contributed by atoms with E-state index >= 15 is 0 Å². The number of aromatic nitrogens is 1. The van der Waals surface area contributed by atoms with Crippen LogP contribution in [0.25, 0.3) is 0 Å². The molecule has 20 heavy (non-hydrogen) atoms. The van der Waals surface area contributed by atoms with E-state index in [9.17, 15) is 0 Å². The Morgan fingerprint density at radius 1 is 1.25 bits per heavy atom. The summed E-state index contributed by atoms with van der Waals surface area (Å²) in [5.74, 6) is 2.18. The molecule has 0 atom stereocenters. The lowest BCUT2D eigenvalue weighted by atomic mass is 10.1. The molecule has 1 aromatic carbocycles. The average molecular weight is 355 g/mol. The Bertz CT molecular complexity index is 613. The second kappa shape index (κ2) is 6.59. The number of alkyl halides is 1. The quantitative estimate of drug-likeness (QED) is 0.647. The lowest BCUT2D eigenvalue weighted by Gasteiger charge is -2.12. The minimum absolute atomic E-state index is 0.337. The standard InChI is InChI=1S/C16H17BrClNO/c1-10(2)14-6-12(9-18)7-16(19-14)20-15-8-13(17)5-4-11(15)3/h4-8,10H,9H2,1-3H3. The molecule has 0 N–H and O–H groups in total. The van der Waals surface area contributed by atoms with Gasteiger partial charge in [-0.1, -0.05) is 35.8 Å². The van der Waals surface area contributed by atoms with Crippen molar-refractivity contribution in [2.45, 2.75) is 32.6 Å². The summed E-state index contributed by atoms with van der Waals surface area (Å²) in [4.78, 5) is 4.55. The van der Waals surface area contributed by atoms with E-state index in [-0.39, 0.29) is 0 Å². The van der Waals surface area contributed by atoms with Crippen LogP contribution in [-0.4, -0.2) is 4.98 Å². The van der Waals surface area contributed by atoms with Crippen molar-refractivity contribution in [1.29, 1.82) is 0 Å². The van der Waals surface area contributed by atoms with Gasteiger partial charge in [0, 0.05) is 22.1 Å². The number of ether oxygens (including phenoxy) is 1. The van der Waals surface area contributed by atoms with E-state index in [1.165, 1.54) is 0 Å². The molecule has 0 saturated carbocycles. The molecule has 0 bridgehead atoms. The summed E-state index contributed by atoms with van der Waals surface area (Å²) in [6.45, 7) is 6.22. The molecule has 0 aliphatic heterocycles. The fourth-order valence-electron chi connectivity index (χ4n) is 1.80. The lowest BCUT2D eigenvalue weighted by molar-refractivity contribution is 0.455. The Morgan fingerprint density at radius 3 is 2.65 bits per heavy atom. The maximum absolute atomic E-state index is 5.94. The minimum atomic E-state index is 0.337. The monoisotopic (exact) mass is 353 g/mol. The summed E-state index contributed by atoms with van der Waals surface area (Å²) in [5.41, 5.74) is 3.08. The lowest BCUT2D eigenvalue weighted by Crippen LogP contribution is -1.98. The first-order valence-corrected chi connectivity index (χ1v) is 7.83. The van der Waals surface area contributed by atoms with Crippen LogP contribution in [0.5, 0.6) is 11.6 Å². The largest absolute Gasteiger partial charge is 0.439 e. The van der Waals surface area contributed by atoms with Crippen molar-refractivity contribution in [2.75, 3.05) is 0 Å². The molecule has 2 rings (SSSR count). The second-order valence-corrected chi connectivity index (χ2v) is 6.22. The summed E-state index contributed by atoms with van der Waals surface area (Å²) < 4.78 is 6.91. The van der Waals surface area contributed by atoms with Crippen molar-refractivity contribution in [2.24, 2.45) is 0 Å². The van der Waals surface area contributed by atoms with Crippen LogP contribution in [0.15, 0.2) is 34.8 Å². The first-order valence-electron chi connectivity index (χ1n) is 6.50. The molecular weight excluding hydrogens is 338 g/mol. The van der Waals surface area contributed by atoms with Crippen molar-refractivity contribution in [3.8, 4) is 11.6 Å². The molecule has 1 aromatic heterocycles. The van der Waals surface area contributed by atoms with Crippen LogP contribution < -0.4 is 4.74 Å². The number of nitrogens with zero attached hydrogens (tertiary/aromatic N) is 1. The van der Waals surface area contributed by atoms with Gasteiger partial charge in [0.2, 0.25) is 5.88 Å². The van der Waals surface area contributed by atoms with E-state index in [1.54, 1.807) is 0 Å². The van der Waals surface area contributed by atoms with E-state index in [0.29, 0.717) is 17.7 Å². The molecule has 0 spiro atoms. The molecule has 1 heterocycles. The molecule has 0 unspecified atom stereocenters. The summed E-state index contributed by atoms with van der Waals surface area (Å²) in [7, 11) is 0. The molecule has 0 saturated heterocycles. The van der Waals surface area contributed by atoms with E-state index in [4.69, 9.17) is 16.3 Å². The predicted molar refractivity (Wildman–Crippen MR) is 86.8 cm³/mol. The van der Waals surface area contributed by atoms with E-state index in [2.05, 4.69) is 34.8 Å². The van der Waals surface area contributed by atoms with Crippen molar-refractivity contribution in [3.05, 3.63) is 51.6 Å². The number of rotatable bonds is 4. The third kappa shape index (κ3) is 3.74. The maximum atomic E-state index is 5.94. The number of aryl methyl sites for hydroxylation is 1. The fourth-order valence-corrected chi connectivity index (χ4v) is 2.30. The molecule has 2 nitrogen and oxygen atoms in total. The van der Waals surface area contributed by atoms with Gasteiger partial charge < -0.3 is 4.74 Å². The molecule has 2 aromatic rings. The van der Waals surface area contributed by atoms with Gasteiger partial charge in [-0.3, -0.25) is 0 Å². The van der Waals surface area contributed by atoms with Crippen LogP contribution >= 0.6 is 27.5 Å². The van der Waals surface area contributed by atoms with Gasteiger partial charge in [-0.25, -0.2) is 4.98 Å². The maximum Gasteiger partial charge on any atom is 0.219 e. The summed E-state index contributed by atoms with van der Waals surface area (Å²) in [6.07, 6.45) is 0. The van der Waals surface area contributed by atoms with Gasteiger partial charge in [0.05, 0.1) is 0 Å². The third-order valence-electron chi connectivity index (χ3n) is 2.99. The highest BCUT2D eigenvalue weighted by Crippen LogP contribution is 2.29. The van der Waals surface area contributed by atoms with Gasteiger partial charge in [0.25, 0.3) is 0 Å². The van der Waals surface area contributed by atoms with Crippen molar-refractivity contribution < 1.29 is 4.74 Å². The molecular formula is C16H17BrClNO. The van der Waals surface area contributed by atoms with E-state index < -0.39 is 0 Å². The zero-order chi connectivity index (χ0) is 14.7. The molecule has 106 valence electrons. The van der Waals surface area contributed by atoms with Crippen LogP contribution in [-0.2, 0) is 5.88 Å². The number of pyridine rings is 1. The van der Waals surface area contributed by atoms with Gasteiger partial charge in [0.15, 0.2) is 0 Å². The molecule has 0 amide bonds. The number of hydrogen-bond donors (Lipinski definition) is 0. The molecule has 4 heteroatoms. The Labute approximate surface area is 133 Å². The van der Waals surface area contributed by atoms with Gasteiger partial charge in [-0.05, 0) is 42.2 Å². The van der Waals surface area contributed by atoms with E-state index in [1.807, 2.05) is 37.3 Å². The Kier molecular flexibility index (Phi) is 5.06. The summed E-state index contributed by atoms with van der Waals surface area (Å²) >= 11 is 9.40. The summed E-state index contributed by atoms with van der Waals surface area (Å²) in [5, 5.41) is 0. The first kappa shape index (κ1) is 15.3. The van der Waals surface area contributed by atoms with Crippen molar-refractivity contribution >= 4 is 27.5 Å². The first-order chi connectivity index (χ1) is 9.49. The highest BCUT2D eigenvalue weighted by Gasteiger charge is 2.09. The number of halogens is 2. The topological polar surface area (TPSA) is 22.1 Å². The predicted octanol–water partition coefficient (Wildman–Crippen LogP) is 5.81. The zero-order valence-corrected chi connectivity index (χ0v) is 14.1. The Balaban J connectivity index is 2.37. The summed E-state index contributed by atoms with van der Waals surface area (Å²) in [6, 6.07) is 9.86. The smallest absolute Gasteiger partial charge is 0.219 e. The third-order valence-corrected chi connectivity index (χ3v) is 3.79. The van der Waals surface area contributed by atoms with Gasteiger partial charge in [-0.15, -0.1) is 11.6 Å². The Hall–Kier alpha value is -1.06. The van der Waals surface area contributed by atoms with Gasteiger partial charge in [0.1, 0.15) is 5.75 Å². The fraction of sp³-hybridized carbons (Fsp3) is 0.312. The van der Waals surface area contributed by atoms with Crippen LogP contribution in [0.3, 0.4) is 0 Å². The van der Waals surface area contributed by atoms with Crippen LogP contribution in [0.4, 0.5) is 0 Å². The van der Waals surface area contributed by atoms with Gasteiger partial charge in [-0.2, -0.15) is 0 Å². The second-order valence-electron chi connectivity index (χ2n) is 5.04. The van der Waals surface area contributed by atoms with Gasteiger partial charge >= 0.3 is 0 Å². The highest BCUT2D eigenvalue weighted by atomic mass is 79.9. The van der Waals surface area contributed by atoms with Crippen molar-refractivity contribution in [3.63, 3.8) is 0 Å². The molecule has 0 fully saturated rings. The highest BCUT2D eigenvalue weighted by molar-refractivity contribution is 9.10. The van der Waals surface area contributed by atoms with Crippen LogP contribution in [0.2, 0.25) is 0 Å². The van der Waals surface area contributed by atoms with Crippen LogP contribution in [0, 0.1) is 6.92 Å². The SMILES string of the molecule is Cc1ccc(Br)cc1Oc1cc(CCl)cc(C(C)C)n1.